The molecular weight excluding hydrogens is 448 g/mol. The van der Waals surface area contributed by atoms with Gasteiger partial charge in [-0.15, -0.1) is 0 Å². The Bertz CT molecular complexity index is 1250. The molecule has 0 aromatic heterocycles. The highest BCUT2D eigenvalue weighted by atomic mass is 16.5. The minimum atomic E-state index is -0.650. The van der Waals surface area contributed by atoms with Gasteiger partial charge in [0.1, 0.15) is 0 Å². The summed E-state index contributed by atoms with van der Waals surface area (Å²) in [7, 11) is 0. The number of carbonyl (C=O) groups is 4. The Morgan fingerprint density at radius 3 is 2.49 bits per heavy atom. The van der Waals surface area contributed by atoms with Crippen molar-refractivity contribution in [2.24, 2.45) is 5.92 Å². The van der Waals surface area contributed by atoms with Gasteiger partial charge in [-0.3, -0.25) is 14.4 Å². The zero-order valence-corrected chi connectivity index (χ0v) is 19.4. The lowest BCUT2D eigenvalue weighted by molar-refractivity contribution is -0.151. The number of hydrogen-bond donors (Lipinski definition) is 1. The lowest BCUT2D eigenvalue weighted by Crippen LogP contribution is -2.28. The summed E-state index contributed by atoms with van der Waals surface area (Å²) in [4.78, 5) is 50.9. The third-order valence-corrected chi connectivity index (χ3v) is 5.70. The molecule has 1 aliphatic heterocycles. The molecule has 2 amide bonds. The van der Waals surface area contributed by atoms with Gasteiger partial charge in [0.05, 0.1) is 23.8 Å². The third-order valence-electron chi connectivity index (χ3n) is 5.70. The summed E-state index contributed by atoms with van der Waals surface area (Å²) in [5.41, 5.74) is 1.59. The van der Waals surface area contributed by atoms with Crippen molar-refractivity contribution >= 4 is 45.9 Å². The molecule has 4 rings (SSSR count). The van der Waals surface area contributed by atoms with Gasteiger partial charge in [-0.05, 0) is 42.1 Å². The zero-order chi connectivity index (χ0) is 24.8. The Kier molecular flexibility index (Phi) is 7.40. The number of amides is 2. The van der Waals surface area contributed by atoms with Crippen molar-refractivity contribution in [2.75, 3.05) is 30.0 Å². The Morgan fingerprint density at radius 2 is 1.71 bits per heavy atom. The van der Waals surface area contributed by atoms with E-state index in [9.17, 15) is 19.2 Å². The molecule has 1 atom stereocenters. The minimum absolute atomic E-state index is 0.0271. The fourth-order valence-electron chi connectivity index (χ4n) is 3.96. The maximum absolute atomic E-state index is 12.7. The molecule has 35 heavy (non-hydrogen) atoms. The number of ether oxygens (including phenoxy) is 2. The van der Waals surface area contributed by atoms with Gasteiger partial charge in [-0.25, -0.2) is 4.79 Å². The van der Waals surface area contributed by atoms with E-state index >= 15 is 0 Å². The highest BCUT2D eigenvalue weighted by Gasteiger charge is 2.36. The Labute approximate surface area is 202 Å². The highest BCUT2D eigenvalue weighted by Crippen LogP contribution is 2.32. The Hall–Kier alpha value is -4.20. The van der Waals surface area contributed by atoms with Crippen molar-refractivity contribution in [2.45, 2.75) is 19.8 Å². The van der Waals surface area contributed by atoms with Gasteiger partial charge in [0.2, 0.25) is 5.91 Å². The second-order valence-electron chi connectivity index (χ2n) is 8.27. The van der Waals surface area contributed by atoms with Crippen LogP contribution in [0.25, 0.3) is 10.8 Å². The first-order chi connectivity index (χ1) is 17.0. The van der Waals surface area contributed by atoms with E-state index in [2.05, 4.69) is 5.32 Å². The molecule has 0 aliphatic carbocycles. The van der Waals surface area contributed by atoms with Crippen LogP contribution in [0.2, 0.25) is 0 Å². The topological polar surface area (TPSA) is 102 Å². The average molecular weight is 475 g/mol. The molecule has 0 spiro atoms. The monoisotopic (exact) mass is 474 g/mol. The van der Waals surface area contributed by atoms with E-state index in [4.69, 9.17) is 9.47 Å². The fourth-order valence-corrected chi connectivity index (χ4v) is 3.96. The number of hydrogen-bond acceptors (Lipinski definition) is 6. The maximum Gasteiger partial charge on any atom is 0.338 e. The average Bonchev–Trinajstić information content (AvgIpc) is 3.27. The van der Waals surface area contributed by atoms with E-state index < -0.39 is 30.4 Å². The smallest absolute Gasteiger partial charge is 0.338 e. The number of anilines is 2. The lowest BCUT2D eigenvalue weighted by atomic mass is 10.1. The van der Waals surface area contributed by atoms with E-state index in [1.54, 1.807) is 29.2 Å². The van der Waals surface area contributed by atoms with Crippen molar-refractivity contribution in [3.63, 3.8) is 0 Å². The van der Waals surface area contributed by atoms with Crippen molar-refractivity contribution in [1.82, 2.24) is 0 Å². The van der Waals surface area contributed by atoms with Crippen LogP contribution in [0.5, 0.6) is 0 Å². The first-order valence-electron chi connectivity index (χ1n) is 11.5. The van der Waals surface area contributed by atoms with E-state index in [-0.39, 0.29) is 18.9 Å². The SMILES string of the molecule is CCCOC(=O)c1ccc(NC(=O)COC(=O)[C@H]2CC(=O)N(c3cccc4ccccc34)C2)cc1. The van der Waals surface area contributed by atoms with Gasteiger partial charge in [0.25, 0.3) is 5.91 Å². The summed E-state index contributed by atoms with van der Waals surface area (Å²) in [6, 6.07) is 19.7. The number of fused-ring (bicyclic) bond motifs is 1. The van der Waals surface area contributed by atoms with Gasteiger partial charge in [-0.2, -0.15) is 0 Å². The van der Waals surface area contributed by atoms with Crippen LogP contribution in [0, 0.1) is 5.92 Å². The standard InChI is InChI=1S/C27H26N2O6/c1-2-14-34-26(32)19-10-12-21(13-11-19)28-24(30)17-35-27(33)20-15-25(31)29(16-20)23-9-5-7-18-6-3-4-8-22(18)23/h3-13,20H,2,14-17H2,1H3,(H,28,30)/t20-/m0/s1. The number of benzene rings is 3. The molecule has 0 radical (unpaired) electrons. The molecule has 3 aromatic carbocycles. The molecule has 0 bridgehead atoms. The second kappa shape index (κ2) is 10.8. The van der Waals surface area contributed by atoms with Crippen LogP contribution in [0.1, 0.15) is 30.1 Å². The summed E-state index contributed by atoms with van der Waals surface area (Å²) < 4.78 is 10.2. The summed E-state index contributed by atoms with van der Waals surface area (Å²) in [6.45, 7) is 1.97. The largest absolute Gasteiger partial charge is 0.462 e. The highest BCUT2D eigenvalue weighted by molar-refractivity contribution is 6.06. The molecule has 1 saturated heterocycles. The molecule has 0 saturated carbocycles. The van der Waals surface area contributed by atoms with Crippen LogP contribution in [0.3, 0.4) is 0 Å². The van der Waals surface area contributed by atoms with Gasteiger partial charge in [0.15, 0.2) is 6.61 Å². The molecule has 3 aromatic rings. The molecule has 8 nitrogen and oxygen atoms in total. The number of esters is 2. The van der Waals surface area contributed by atoms with E-state index in [0.29, 0.717) is 17.9 Å². The van der Waals surface area contributed by atoms with E-state index in [1.165, 1.54) is 0 Å². The molecule has 180 valence electrons. The number of nitrogens with zero attached hydrogens (tertiary/aromatic N) is 1. The van der Waals surface area contributed by atoms with Crippen molar-refractivity contribution in [3.8, 4) is 0 Å². The van der Waals surface area contributed by atoms with Crippen molar-refractivity contribution in [1.29, 1.82) is 0 Å². The number of nitrogens with one attached hydrogen (secondary N) is 1. The first kappa shape index (κ1) is 23.9. The molecule has 0 unspecified atom stereocenters. The Morgan fingerprint density at radius 1 is 0.971 bits per heavy atom. The Balaban J connectivity index is 1.30. The van der Waals surface area contributed by atoms with Gasteiger partial charge in [0, 0.05) is 24.0 Å². The van der Waals surface area contributed by atoms with E-state index in [1.807, 2.05) is 49.4 Å². The molecule has 1 heterocycles. The number of carbonyl (C=O) groups excluding carboxylic acids is 4. The lowest BCUT2D eigenvalue weighted by Gasteiger charge is -2.18. The van der Waals surface area contributed by atoms with Crippen LogP contribution < -0.4 is 10.2 Å². The summed E-state index contributed by atoms with van der Waals surface area (Å²) in [5.74, 6) is -2.35. The van der Waals surface area contributed by atoms with Crippen LogP contribution in [0.4, 0.5) is 11.4 Å². The summed E-state index contributed by atoms with van der Waals surface area (Å²) >= 11 is 0. The maximum atomic E-state index is 12.7. The third kappa shape index (κ3) is 5.66. The van der Waals surface area contributed by atoms with Gasteiger partial charge >= 0.3 is 11.9 Å². The fraction of sp³-hybridized carbons (Fsp3) is 0.259. The minimum Gasteiger partial charge on any atom is -0.462 e. The van der Waals surface area contributed by atoms with Crippen LogP contribution in [-0.4, -0.2) is 43.5 Å². The van der Waals surface area contributed by atoms with Gasteiger partial charge in [-0.1, -0.05) is 43.3 Å². The van der Waals surface area contributed by atoms with Gasteiger partial charge < -0.3 is 19.7 Å². The first-order valence-corrected chi connectivity index (χ1v) is 11.5. The number of rotatable bonds is 8. The summed E-state index contributed by atoms with van der Waals surface area (Å²) in [5, 5.41) is 4.55. The van der Waals surface area contributed by atoms with Crippen molar-refractivity contribution in [3.05, 3.63) is 72.3 Å². The predicted octanol–water partition coefficient (Wildman–Crippen LogP) is 3.94. The van der Waals surface area contributed by atoms with Crippen LogP contribution in [0.15, 0.2) is 66.7 Å². The predicted molar refractivity (Wildman–Crippen MR) is 131 cm³/mol. The molecule has 1 N–H and O–H groups in total. The molecule has 1 fully saturated rings. The molecular formula is C27H26N2O6. The summed E-state index contributed by atoms with van der Waals surface area (Å²) in [6.07, 6.45) is 0.758. The molecule has 8 heteroatoms. The normalized spacial score (nSPS) is 15.2. The van der Waals surface area contributed by atoms with E-state index in [0.717, 1.165) is 22.9 Å². The van der Waals surface area contributed by atoms with Crippen LogP contribution >= 0.6 is 0 Å². The zero-order valence-electron chi connectivity index (χ0n) is 19.4. The van der Waals surface area contributed by atoms with Crippen LogP contribution in [-0.2, 0) is 23.9 Å². The quantitative estimate of drug-likeness (QED) is 0.496. The molecule has 1 aliphatic rings. The second-order valence-corrected chi connectivity index (χ2v) is 8.27. The van der Waals surface area contributed by atoms with Crippen molar-refractivity contribution < 1.29 is 28.7 Å².